The molecule has 0 radical (unpaired) electrons. The minimum absolute atomic E-state index is 0.0551. The molecule has 1 aromatic carbocycles. The van der Waals surface area contributed by atoms with Crippen LogP contribution in [0.2, 0.25) is 0 Å². The van der Waals surface area contributed by atoms with Gasteiger partial charge in [0.05, 0.1) is 29.5 Å². The number of carbonyl (C=O) groups excluding carboxylic acids is 1. The van der Waals surface area contributed by atoms with Crippen molar-refractivity contribution in [3.05, 3.63) is 23.5 Å². The van der Waals surface area contributed by atoms with Gasteiger partial charge in [-0.1, -0.05) is 0 Å². The largest absolute Gasteiger partial charge is 0.462 e. The fourth-order valence-corrected chi connectivity index (χ4v) is 2.38. The van der Waals surface area contributed by atoms with E-state index in [1.165, 1.54) is 6.07 Å². The van der Waals surface area contributed by atoms with Gasteiger partial charge in [0.15, 0.2) is 0 Å². The van der Waals surface area contributed by atoms with Crippen LogP contribution in [-0.4, -0.2) is 30.8 Å². The summed E-state index contributed by atoms with van der Waals surface area (Å²) in [6, 6.07) is 2.54. The molecule has 0 saturated carbocycles. The number of carbonyl (C=O) groups is 1. The van der Waals surface area contributed by atoms with Crippen molar-refractivity contribution in [2.45, 2.75) is 38.8 Å². The molecule has 0 spiro atoms. The van der Waals surface area contributed by atoms with Gasteiger partial charge in [0.25, 0.3) is 0 Å². The third kappa shape index (κ3) is 3.10. The fourth-order valence-electron chi connectivity index (χ4n) is 2.38. The Labute approximate surface area is 123 Å². The molecule has 2 unspecified atom stereocenters. The summed E-state index contributed by atoms with van der Waals surface area (Å²) in [4.78, 5) is 11.8. The second kappa shape index (κ2) is 5.89. The van der Waals surface area contributed by atoms with Crippen LogP contribution < -0.4 is 11.1 Å². The molecule has 21 heavy (non-hydrogen) atoms. The van der Waals surface area contributed by atoms with E-state index in [9.17, 15) is 9.18 Å². The number of halogens is 1. The average Bonchev–Trinajstić information content (AvgIpc) is 2.73. The fraction of sp³-hybridized carbons (Fsp3) is 0.533. The molecule has 1 saturated heterocycles. The Morgan fingerprint density at radius 3 is 2.90 bits per heavy atom. The minimum atomic E-state index is -0.557. The predicted octanol–water partition coefficient (Wildman–Crippen LogP) is 2.56. The summed E-state index contributed by atoms with van der Waals surface area (Å²) in [5, 5.41) is 3.14. The number of hydrogen-bond donors (Lipinski definition) is 2. The Bertz CT molecular complexity index is 550. The summed E-state index contributed by atoms with van der Waals surface area (Å²) in [5.41, 5.74) is 5.77. The molecule has 0 aliphatic carbocycles. The molecular formula is C15H21FN2O3. The first-order valence-electron chi connectivity index (χ1n) is 7.03. The number of hydrogen-bond acceptors (Lipinski definition) is 5. The number of anilines is 2. The highest BCUT2D eigenvalue weighted by molar-refractivity contribution is 5.96. The predicted molar refractivity (Wildman–Crippen MR) is 78.8 cm³/mol. The summed E-state index contributed by atoms with van der Waals surface area (Å²) in [7, 11) is 0. The first-order chi connectivity index (χ1) is 9.87. The lowest BCUT2D eigenvalue weighted by atomic mass is 9.94. The Kier molecular flexibility index (Phi) is 4.37. The number of nitrogens with one attached hydrogen (secondary N) is 1. The van der Waals surface area contributed by atoms with Crippen LogP contribution >= 0.6 is 0 Å². The lowest BCUT2D eigenvalue weighted by Gasteiger charge is -2.30. The second-order valence-electron chi connectivity index (χ2n) is 5.45. The molecule has 3 N–H and O–H groups in total. The molecule has 6 heteroatoms. The summed E-state index contributed by atoms with van der Waals surface area (Å²) in [6.45, 7) is 6.45. The van der Waals surface area contributed by atoms with E-state index in [4.69, 9.17) is 15.2 Å². The van der Waals surface area contributed by atoms with Gasteiger partial charge in [-0.2, -0.15) is 0 Å². The third-order valence-corrected chi connectivity index (χ3v) is 3.94. The molecular weight excluding hydrogens is 275 g/mol. The van der Waals surface area contributed by atoms with Gasteiger partial charge in [0.1, 0.15) is 5.82 Å². The van der Waals surface area contributed by atoms with E-state index in [0.29, 0.717) is 6.61 Å². The highest BCUT2D eigenvalue weighted by Gasteiger charge is 2.37. The van der Waals surface area contributed by atoms with E-state index in [1.54, 1.807) is 6.92 Å². The normalized spacial score (nSPS) is 24.9. The zero-order chi connectivity index (χ0) is 15.6. The molecule has 0 amide bonds. The average molecular weight is 296 g/mol. The Hall–Kier alpha value is -1.82. The van der Waals surface area contributed by atoms with Crippen molar-refractivity contribution >= 4 is 17.3 Å². The van der Waals surface area contributed by atoms with Gasteiger partial charge in [0, 0.05) is 12.3 Å². The van der Waals surface area contributed by atoms with Crippen LogP contribution in [-0.2, 0) is 9.47 Å². The summed E-state index contributed by atoms with van der Waals surface area (Å²) in [5.74, 6) is -1.06. The summed E-state index contributed by atoms with van der Waals surface area (Å²) >= 11 is 0. The Balaban J connectivity index is 2.31. The quantitative estimate of drug-likeness (QED) is 0.660. The summed E-state index contributed by atoms with van der Waals surface area (Å²) in [6.07, 6.45) is 0.702. The van der Waals surface area contributed by atoms with E-state index < -0.39 is 11.8 Å². The van der Waals surface area contributed by atoms with Crippen LogP contribution in [0.3, 0.4) is 0 Å². The highest BCUT2D eigenvalue weighted by Crippen LogP contribution is 2.32. The monoisotopic (exact) mass is 296 g/mol. The molecule has 0 aromatic heterocycles. The maximum absolute atomic E-state index is 14.1. The molecule has 116 valence electrons. The first kappa shape index (κ1) is 15.6. The van der Waals surface area contributed by atoms with Gasteiger partial charge in [-0.15, -0.1) is 0 Å². The number of nitrogens with two attached hydrogens (primary N) is 1. The molecule has 1 heterocycles. The number of esters is 1. The molecule has 2 atom stereocenters. The van der Waals surface area contributed by atoms with Crippen molar-refractivity contribution < 1.29 is 18.7 Å². The molecule has 1 aliphatic rings. The molecule has 0 bridgehead atoms. The van der Waals surface area contributed by atoms with Crippen molar-refractivity contribution in [1.82, 2.24) is 0 Å². The zero-order valence-corrected chi connectivity index (χ0v) is 12.5. The van der Waals surface area contributed by atoms with Crippen molar-refractivity contribution in [3.63, 3.8) is 0 Å². The van der Waals surface area contributed by atoms with E-state index in [2.05, 4.69) is 5.32 Å². The van der Waals surface area contributed by atoms with Crippen LogP contribution in [0, 0.1) is 5.82 Å². The van der Waals surface area contributed by atoms with E-state index in [-0.39, 0.29) is 35.2 Å². The van der Waals surface area contributed by atoms with E-state index >= 15 is 0 Å². The molecule has 1 aromatic rings. The maximum Gasteiger partial charge on any atom is 0.340 e. The van der Waals surface area contributed by atoms with Gasteiger partial charge in [-0.25, -0.2) is 9.18 Å². The smallest absolute Gasteiger partial charge is 0.340 e. The van der Waals surface area contributed by atoms with Crippen LogP contribution in [0.5, 0.6) is 0 Å². The zero-order valence-electron chi connectivity index (χ0n) is 12.5. The number of benzene rings is 1. The maximum atomic E-state index is 14.1. The minimum Gasteiger partial charge on any atom is -0.462 e. The highest BCUT2D eigenvalue weighted by atomic mass is 19.1. The van der Waals surface area contributed by atoms with Crippen LogP contribution in [0.15, 0.2) is 12.1 Å². The molecule has 1 aliphatic heterocycles. The van der Waals surface area contributed by atoms with Crippen LogP contribution in [0.4, 0.5) is 15.8 Å². The van der Waals surface area contributed by atoms with Crippen molar-refractivity contribution in [1.29, 1.82) is 0 Å². The third-order valence-electron chi connectivity index (χ3n) is 3.94. The van der Waals surface area contributed by atoms with Crippen LogP contribution in [0.1, 0.15) is 37.6 Å². The van der Waals surface area contributed by atoms with Gasteiger partial charge in [0.2, 0.25) is 0 Å². The second-order valence-corrected chi connectivity index (χ2v) is 5.45. The van der Waals surface area contributed by atoms with Gasteiger partial charge in [-0.05, 0) is 39.3 Å². The van der Waals surface area contributed by atoms with Crippen molar-refractivity contribution in [3.8, 4) is 0 Å². The van der Waals surface area contributed by atoms with Gasteiger partial charge < -0.3 is 20.5 Å². The Morgan fingerprint density at radius 2 is 2.33 bits per heavy atom. The topological polar surface area (TPSA) is 73.6 Å². The Morgan fingerprint density at radius 1 is 1.62 bits per heavy atom. The first-order valence-corrected chi connectivity index (χ1v) is 7.03. The van der Waals surface area contributed by atoms with Crippen molar-refractivity contribution in [2.75, 3.05) is 24.3 Å². The summed E-state index contributed by atoms with van der Waals surface area (Å²) < 4.78 is 24.5. The van der Waals surface area contributed by atoms with Crippen molar-refractivity contribution in [2.24, 2.45) is 0 Å². The number of ether oxygens (including phenoxy) is 2. The molecule has 2 rings (SSSR count). The SMILES string of the molecule is CCOC(=O)c1cc(NC2(C)CCOC2C)c(F)cc1N. The number of rotatable bonds is 4. The molecule has 1 fully saturated rings. The van der Waals surface area contributed by atoms with E-state index in [1.807, 2.05) is 13.8 Å². The lowest BCUT2D eigenvalue weighted by Crippen LogP contribution is -2.41. The van der Waals surface area contributed by atoms with Gasteiger partial charge in [-0.3, -0.25) is 0 Å². The van der Waals surface area contributed by atoms with Crippen LogP contribution in [0.25, 0.3) is 0 Å². The lowest BCUT2D eigenvalue weighted by molar-refractivity contribution is 0.0527. The number of nitrogen functional groups attached to an aromatic ring is 1. The standard InChI is InChI=1S/C15H21FN2O3/c1-4-20-14(19)10-7-13(11(16)8-12(10)17)18-15(3)5-6-21-9(15)2/h7-9,18H,4-6,17H2,1-3H3. The van der Waals surface area contributed by atoms with Gasteiger partial charge >= 0.3 is 5.97 Å². The molecule has 5 nitrogen and oxygen atoms in total. The van der Waals surface area contributed by atoms with E-state index in [0.717, 1.165) is 12.5 Å².